The minimum absolute atomic E-state index is 0.0668. The molecule has 0 amide bonds. The summed E-state index contributed by atoms with van der Waals surface area (Å²) >= 11 is 0. The van der Waals surface area contributed by atoms with Gasteiger partial charge in [-0.15, -0.1) is 0 Å². The van der Waals surface area contributed by atoms with Gasteiger partial charge in [0.25, 0.3) is 0 Å². The first-order valence-corrected chi connectivity index (χ1v) is 6.84. The first kappa shape index (κ1) is 14.5. The number of carboxylic acids is 1. The zero-order chi connectivity index (χ0) is 13.5. The molecule has 1 rings (SSSR count). The predicted molar refractivity (Wildman–Crippen MR) is 70.3 cm³/mol. The van der Waals surface area contributed by atoms with Crippen LogP contribution >= 0.6 is 0 Å². The topological polar surface area (TPSA) is 74.7 Å². The number of thiol groups is 1. The van der Waals surface area contributed by atoms with Crippen molar-refractivity contribution in [1.82, 2.24) is 0 Å². The molecule has 0 saturated carbocycles. The molecule has 1 N–H and O–H groups in total. The summed E-state index contributed by atoms with van der Waals surface area (Å²) in [6, 6.07) is 7.19. The van der Waals surface area contributed by atoms with Crippen LogP contribution in [-0.4, -0.2) is 26.0 Å². The van der Waals surface area contributed by atoms with Gasteiger partial charge in [-0.3, -0.25) is 9.10 Å². The third-order valence-electron chi connectivity index (χ3n) is 2.54. The fraction of sp³-hybridized carbons (Fsp3) is 0.417. The Bertz CT molecular complexity index is 459. The smallest absolute Gasteiger partial charge is 0.303 e. The van der Waals surface area contributed by atoms with Crippen LogP contribution in [0.2, 0.25) is 0 Å². The lowest BCUT2D eigenvalue weighted by Gasteiger charge is -2.17. The molecule has 0 unspecified atom stereocenters. The molecule has 0 aliphatic carbocycles. The average molecular weight is 271 g/mol. The van der Waals surface area contributed by atoms with Gasteiger partial charge in [-0.05, 0) is 31.9 Å². The minimum atomic E-state index is -2.70. The Hall–Kier alpha value is -1.56. The van der Waals surface area contributed by atoms with Crippen molar-refractivity contribution < 1.29 is 18.3 Å². The normalized spacial score (nSPS) is 10.6. The molecule has 1 aromatic rings. The van der Waals surface area contributed by atoms with E-state index >= 15 is 0 Å². The zero-order valence-corrected chi connectivity index (χ0v) is 11.1. The van der Waals surface area contributed by atoms with Crippen LogP contribution in [0.5, 0.6) is 0 Å². The van der Waals surface area contributed by atoms with Gasteiger partial charge in [0.2, 0.25) is 10.9 Å². The summed E-state index contributed by atoms with van der Waals surface area (Å²) in [5.41, 5.74) is 1.68. The number of aliphatic carboxylic acids is 1. The average Bonchev–Trinajstić information content (AvgIpc) is 2.30. The Morgan fingerprint density at radius 1 is 1.22 bits per heavy atom. The monoisotopic (exact) mass is 271 g/mol. The Kier molecular flexibility index (Phi) is 5.64. The van der Waals surface area contributed by atoms with Gasteiger partial charge in [-0.1, -0.05) is 17.7 Å². The summed E-state index contributed by atoms with van der Waals surface area (Å²) < 4.78 is 23.6. The Morgan fingerprint density at radius 3 is 2.33 bits per heavy atom. The Balaban J connectivity index is 2.60. The Morgan fingerprint density at radius 2 is 1.83 bits per heavy atom. The van der Waals surface area contributed by atoms with E-state index in [9.17, 15) is 13.2 Å². The number of rotatable bonds is 7. The van der Waals surface area contributed by atoms with Crippen molar-refractivity contribution in [2.75, 3.05) is 10.8 Å². The number of hydrogen-bond acceptors (Lipinski definition) is 3. The molecule has 18 heavy (non-hydrogen) atoms. The van der Waals surface area contributed by atoms with Crippen molar-refractivity contribution in [1.29, 1.82) is 0 Å². The largest absolute Gasteiger partial charge is 0.481 e. The van der Waals surface area contributed by atoms with Crippen LogP contribution in [0.1, 0.15) is 24.8 Å². The molecule has 0 heterocycles. The van der Waals surface area contributed by atoms with Crippen molar-refractivity contribution in [2.45, 2.75) is 26.2 Å². The zero-order valence-electron chi connectivity index (χ0n) is 10.2. The van der Waals surface area contributed by atoms with Gasteiger partial charge in [0.1, 0.15) is 0 Å². The number of hydrogen-bond donors (Lipinski definition) is 2. The molecule has 5 nitrogen and oxygen atoms in total. The molecule has 0 fully saturated rings. The standard InChI is InChI=1S/C12H17NO4S/c1-10-5-7-11(8-6-10)13(18(16)17)9-3-2-4-12(14)15/h5-8,18H,2-4,9H2,1H3,(H,14,15). The van der Waals surface area contributed by atoms with Gasteiger partial charge in [0, 0.05) is 13.0 Å². The molecule has 0 spiro atoms. The van der Waals surface area contributed by atoms with Gasteiger partial charge in [-0.25, -0.2) is 8.42 Å². The number of nitrogens with zero attached hydrogens (tertiary/aromatic N) is 1. The number of benzene rings is 1. The molecule has 0 aromatic heterocycles. The summed E-state index contributed by atoms with van der Waals surface area (Å²) in [5, 5.41) is 8.50. The van der Waals surface area contributed by atoms with Crippen LogP contribution in [0.4, 0.5) is 5.69 Å². The van der Waals surface area contributed by atoms with Crippen LogP contribution in [0, 0.1) is 6.92 Å². The first-order chi connectivity index (χ1) is 8.50. The second kappa shape index (κ2) is 7.00. The van der Waals surface area contributed by atoms with Crippen LogP contribution in [0.3, 0.4) is 0 Å². The highest BCUT2D eigenvalue weighted by Crippen LogP contribution is 2.16. The van der Waals surface area contributed by atoms with Gasteiger partial charge < -0.3 is 5.11 Å². The number of unbranched alkanes of at least 4 members (excludes halogenated alkanes) is 1. The van der Waals surface area contributed by atoms with Gasteiger partial charge in [-0.2, -0.15) is 0 Å². The number of carbonyl (C=O) groups is 1. The third-order valence-corrected chi connectivity index (χ3v) is 3.36. The highest BCUT2D eigenvalue weighted by molar-refractivity contribution is 7.74. The van der Waals surface area contributed by atoms with Crippen LogP contribution in [0.25, 0.3) is 0 Å². The van der Waals surface area contributed by atoms with Crippen LogP contribution in [-0.2, 0) is 15.7 Å². The van der Waals surface area contributed by atoms with Crippen molar-refractivity contribution in [3.8, 4) is 0 Å². The summed E-state index contributed by atoms with van der Waals surface area (Å²) in [6.07, 6.45) is 1.07. The molecule has 0 aliphatic heterocycles. The van der Waals surface area contributed by atoms with Crippen molar-refractivity contribution in [3.05, 3.63) is 29.8 Å². The lowest BCUT2D eigenvalue weighted by atomic mass is 10.2. The fourth-order valence-corrected chi connectivity index (χ4v) is 2.19. The highest BCUT2D eigenvalue weighted by Gasteiger charge is 2.08. The maximum atomic E-state index is 11.2. The van der Waals surface area contributed by atoms with E-state index in [1.54, 1.807) is 12.1 Å². The summed E-state index contributed by atoms with van der Waals surface area (Å²) in [7, 11) is -2.70. The number of aryl methyl sites for hydroxylation is 1. The maximum Gasteiger partial charge on any atom is 0.303 e. The fourth-order valence-electron chi connectivity index (χ4n) is 1.56. The molecule has 100 valence electrons. The molecule has 0 bridgehead atoms. The van der Waals surface area contributed by atoms with Crippen LogP contribution < -0.4 is 4.31 Å². The summed E-state index contributed by atoms with van der Waals surface area (Å²) in [4.78, 5) is 10.4. The quantitative estimate of drug-likeness (QED) is 0.583. The second-order valence-electron chi connectivity index (χ2n) is 4.05. The summed E-state index contributed by atoms with van der Waals surface area (Å²) in [5.74, 6) is -0.858. The SMILES string of the molecule is Cc1ccc(N(CCCCC(=O)O)[SH](=O)=O)cc1. The maximum absolute atomic E-state index is 11.2. The van der Waals surface area contributed by atoms with E-state index in [1.165, 1.54) is 4.31 Å². The highest BCUT2D eigenvalue weighted by atomic mass is 32.2. The molecule has 1 aromatic carbocycles. The van der Waals surface area contributed by atoms with Crippen molar-refractivity contribution in [2.24, 2.45) is 0 Å². The molecule has 6 heteroatoms. The minimum Gasteiger partial charge on any atom is -0.481 e. The lowest BCUT2D eigenvalue weighted by molar-refractivity contribution is -0.137. The molecule has 0 radical (unpaired) electrons. The second-order valence-corrected chi connectivity index (χ2v) is 5.01. The van der Waals surface area contributed by atoms with E-state index in [2.05, 4.69) is 0 Å². The van der Waals surface area contributed by atoms with Gasteiger partial charge in [0.05, 0.1) is 5.69 Å². The molecule has 0 saturated heterocycles. The van der Waals surface area contributed by atoms with E-state index in [0.717, 1.165) is 5.56 Å². The lowest BCUT2D eigenvalue weighted by Crippen LogP contribution is -2.22. The molecule has 0 atom stereocenters. The van der Waals surface area contributed by atoms with E-state index in [1.807, 2.05) is 19.1 Å². The number of anilines is 1. The van der Waals surface area contributed by atoms with Gasteiger partial charge in [0.15, 0.2) is 0 Å². The molecular weight excluding hydrogens is 254 g/mol. The third kappa shape index (κ3) is 4.75. The Labute approximate surface area is 108 Å². The molecular formula is C12H17NO4S. The number of carboxylic acid groups (broad SMARTS) is 1. The van der Waals surface area contributed by atoms with Gasteiger partial charge >= 0.3 is 5.97 Å². The van der Waals surface area contributed by atoms with E-state index in [-0.39, 0.29) is 6.42 Å². The summed E-state index contributed by atoms with van der Waals surface area (Å²) in [6.45, 7) is 2.24. The van der Waals surface area contributed by atoms with E-state index in [0.29, 0.717) is 25.1 Å². The van der Waals surface area contributed by atoms with Crippen molar-refractivity contribution >= 4 is 22.5 Å². The predicted octanol–water partition coefficient (Wildman–Crippen LogP) is 1.58. The van der Waals surface area contributed by atoms with Crippen LogP contribution in [0.15, 0.2) is 24.3 Å². The van der Waals surface area contributed by atoms with E-state index < -0.39 is 16.9 Å². The molecule has 0 aliphatic rings. The first-order valence-electron chi connectivity index (χ1n) is 5.71. The van der Waals surface area contributed by atoms with E-state index in [4.69, 9.17) is 5.11 Å². The van der Waals surface area contributed by atoms with Crippen molar-refractivity contribution in [3.63, 3.8) is 0 Å².